The van der Waals surface area contributed by atoms with Crippen LogP contribution in [0.4, 0.5) is 16.3 Å². The van der Waals surface area contributed by atoms with E-state index < -0.39 is 6.04 Å². The number of nitrogens with zero attached hydrogens (tertiary/aromatic N) is 4. The summed E-state index contributed by atoms with van der Waals surface area (Å²) in [5, 5.41) is 10.4. The first kappa shape index (κ1) is 23.8. The number of hydrogen-bond acceptors (Lipinski definition) is 7. The molecule has 10 heteroatoms. The van der Waals surface area contributed by atoms with Gasteiger partial charge in [-0.15, -0.1) is 0 Å². The van der Waals surface area contributed by atoms with Gasteiger partial charge in [0.15, 0.2) is 0 Å². The molecule has 0 saturated carbocycles. The van der Waals surface area contributed by atoms with Gasteiger partial charge in [0.2, 0.25) is 5.91 Å². The molecule has 1 saturated heterocycles. The molecule has 1 unspecified atom stereocenters. The lowest BCUT2D eigenvalue weighted by Crippen LogP contribution is -2.63. The number of ether oxygens (including phenoxy) is 1. The van der Waals surface area contributed by atoms with Crippen LogP contribution in [0.2, 0.25) is 0 Å². The molecule has 0 aliphatic carbocycles. The fourth-order valence-electron chi connectivity index (χ4n) is 4.66. The van der Waals surface area contributed by atoms with Gasteiger partial charge in [-0.2, -0.15) is 0 Å². The minimum Gasteiger partial charge on any atom is -0.497 e. The quantitative estimate of drug-likeness (QED) is 0.519. The van der Waals surface area contributed by atoms with Crippen LogP contribution in [0.15, 0.2) is 48.5 Å². The van der Waals surface area contributed by atoms with E-state index in [2.05, 4.69) is 20.9 Å². The number of benzene rings is 2. The van der Waals surface area contributed by atoms with Crippen molar-refractivity contribution >= 4 is 34.3 Å². The van der Waals surface area contributed by atoms with Gasteiger partial charge >= 0.3 is 6.03 Å². The Labute approximate surface area is 210 Å². The summed E-state index contributed by atoms with van der Waals surface area (Å²) in [5.41, 5.74) is 1.49. The van der Waals surface area contributed by atoms with Crippen LogP contribution in [0.25, 0.3) is 10.9 Å². The lowest BCUT2D eigenvalue weighted by atomic mass is 10.0. The van der Waals surface area contributed by atoms with Crippen molar-refractivity contribution in [2.75, 3.05) is 37.4 Å². The Kier molecular flexibility index (Phi) is 6.60. The van der Waals surface area contributed by atoms with Gasteiger partial charge in [0, 0.05) is 30.2 Å². The molecule has 5 rings (SSSR count). The van der Waals surface area contributed by atoms with E-state index in [1.807, 2.05) is 56.3 Å². The molecule has 10 nitrogen and oxygen atoms in total. The molecule has 0 spiro atoms. The topological polar surface area (TPSA) is 112 Å². The summed E-state index contributed by atoms with van der Waals surface area (Å²) in [7, 11) is 1.59. The van der Waals surface area contributed by atoms with Crippen molar-refractivity contribution in [3.63, 3.8) is 0 Å². The van der Waals surface area contributed by atoms with Crippen molar-refractivity contribution in [2.45, 2.75) is 32.6 Å². The zero-order valence-corrected chi connectivity index (χ0v) is 20.7. The molecule has 188 valence electrons. The zero-order valence-electron chi connectivity index (χ0n) is 20.7. The number of hydrogen-bond donors (Lipinski definition) is 3. The largest absolute Gasteiger partial charge is 0.497 e. The third-order valence-corrected chi connectivity index (χ3v) is 6.64. The molecule has 36 heavy (non-hydrogen) atoms. The highest BCUT2D eigenvalue weighted by molar-refractivity contribution is 5.93. The third kappa shape index (κ3) is 4.90. The van der Waals surface area contributed by atoms with E-state index in [0.29, 0.717) is 49.3 Å². The highest BCUT2D eigenvalue weighted by Crippen LogP contribution is 2.25. The standard InChI is InChI=1S/C26H31N7O3/c1-16(2)23-25(34)30-22-15-33(26(35)27-17-7-6-8-18(13-17)36-3)12-11-32(22)14-21-28-20-10-5-4-9-19(20)24(29-21)31-23/h4-10,13,16,22-23H,11-12,14-15H2,1-3H3,(H,27,35)(H,30,34)(H,28,29,31)/t22?,23-/m0/s1. The number of para-hydroxylation sites is 1. The Bertz CT molecular complexity index is 1280. The first-order valence-electron chi connectivity index (χ1n) is 12.2. The van der Waals surface area contributed by atoms with Crippen LogP contribution in [0.1, 0.15) is 19.7 Å². The number of carbonyl (C=O) groups is 2. The Balaban J connectivity index is 1.41. The lowest BCUT2D eigenvalue weighted by molar-refractivity contribution is -0.125. The predicted octanol–water partition coefficient (Wildman–Crippen LogP) is 2.88. The molecule has 2 aromatic carbocycles. The van der Waals surface area contributed by atoms with E-state index in [0.717, 1.165) is 10.9 Å². The number of anilines is 2. The molecule has 2 atom stereocenters. The van der Waals surface area contributed by atoms with Crippen molar-refractivity contribution in [2.24, 2.45) is 5.92 Å². The highest BCUT2D eigenvalue weighted by atomic mass is 16.5. The SMILES string of the molecule is COc1cccc(NC(=O)N2CCN3Cc4nc(c5ccccc5n4)N[C@@H](C(C)C)C(=O)NC3C2)c1. The average Bonchev–Trinajstić information content (AvgIpc) is 2.87. The average molecular weight is 490 g/mol. The van der Waals surface area contributed by atoms with Crippen molar-refractivity contribution in [1.29, 1.82) is 0 Å². The van der Waals surface area contributed by atoms with Crippen LogP contribution in [0.5, 0.6) is 5.75 Å². The van der Waals surface area contributed by atoms with Crippen molar-refractivity contribution in [1.82, 2.24) is 25.1 Å². The van der Waals surface area contributed by atoms with E-state index in [1.54, 1.807) is 18.1 Å². The summed E-state index contributed by atoms with van der Waals surface area (Å²) >= 11 is 0. The van der Waals surface area contributed by atoms with E-state index in [-0.39, 0.29) is 24.0 Å². The Morgan fingerprint density at radius 1 is 1.11 bits per heavy atom. The Morgan fingerprint density at radius 3 is 2.75 bits per heavy atom. The number of rotatable bonds is 3. The highest BCUT2D eigenvalue weighted by Gasteiger charge is 2.35. The molecule has 2 aliphatic heterocycles. The molecule has 3 N–H and O–H groups in total. The van der Waals surface area contributed by atoms with Crippen LogP contribution in [0.3, 0.4) is 0 Å². The fraction of sp³-hybridized carbons (Fsp3) is 0.385. The van der Waals surface area contributed by atoms with Gasteiger partial charge in [-0.1, -0.05) is 32.0 Å². The second kappa shape index (κ2) is 9.98. The van der Waals surface area contributed by atoms with E-state index in [4.69, 9.17) is 14.7 Å². The molecule has 1 fully saturated rings. The lowest BCUT2D eigenvalue weighted by Gasteiger charge is -2.42. The number of nitrogens with one attached hydrogen (secondary N) is 3. The molecule has 0 radical (unpaired) electrons. The number of amides is 3. The zero-order chi connectivity index (χ0) is 25.2. The van der Waals surface area contributed by atoms with Crippen LogP contribution < -0.4 is 20.7 Å². The molecular weight excluding hydrogens is 458 g/mol. The van der Waals surface area contributed by atoms with E-state index in [1.165, 1.54) is 0 Å². The van der Waals surface area contributed by atoms with Gasteiger partial charge in [-0.05, 0) is 30.2 Å². The molecule has 2 bridgehead atoms. The number of carbonyl (C=O) groups excluding carboxylic acids is 2. The molecule has 3 amide bonds. The fourth-order valence-corrected chi connectivity index (χ4v) is 4.66. The normalized spacial score (nSPS) is 20.3. The van der Waals surface area contributed by atoms with Crippen molar-refractivity contribution in [3.8, 4) is 5.75 Å². The van der Waals surface area contributed by atoms with Gasteiger partial charge in [-0.25, -0.2) is 14.8 Å². The summed E-state index contributed by atoms with van der Waals surface area (Å²) in [6, 6.07) is 14.3. The number of fused-ring (bicyclic) bond motifs is 5. The van der Waals surface area contributed by atoms with Crippen LogP contribution in [-0.4, -0.2) is 70.7 Å². The monoisotopic (exact) mass is 489 g/mol. The molecular formula is C26H31N7O3. The van der Waals surface area contributed by atoms with Crippen LogP contribution in [-0.2, 0) is 11.3 Å². The third-order valence-electron chi connectivity index (χ3n) is 6.64. The van der Waals surface area contributed by atoms with Gasteiger partial charge in [0.1, 0.15) is 29.6 Å². The first-order valence-corrected chi connectivity index (χ1v) is 12.2. The summed E-state index contributed by atoms with van der Waals surface area (Å²) in [6.07, 6.45) is -0.373. The smallest absolute Gasteiger partial charge is 0.322 e. The minimum atomic E-state index is -0.489. The maximum Gasteiger partial charge on any atom is 0.322 e. The van der Waals surface area contributed by atoms with Gasteiger partial charge in [0.25, 0.3) is 0 Å². The summed E-state index contributed by atoms with van der Waals surface area (Å²) in [5.74, 6) is 1.90. The van der Waals surface area contributed by atoms with Crippen LogP contribution in [0, 0.1) is 5.92 Å². The Morgan fingerprint density at radius 2 is 1.94 bits per heavy atom. The predicted molar refractivity (Wildman–Crippen MR) is 138 cm³/mol. The molecule has 3 aromatic rings. The minimum absolute atomic E-state index is 0.0195. The van der Waals surface area contributed by atoms with Crippen molar-refractivity contribution in [3.05, 3.63) is 54.4 Å². The Hall–Kier alpha value is -3.92. The second-order valence-electron chi connectivity index (χ2n) is 9.47. The van der Waals surface area contributed by atoms with Gasteiger partial charge in [0.05, 0.1) is 25.7 Å². The van der Waals surface area contributed by atoms with E-state index in [9.17, 15) is 9.59 Å². The molecule has 3 heterocycles. The maximum atomic E-state index is 13.4. The maximum absolute atomic E-state index is 13.4. The number of urea groups is 1. The number of aromatic nitrogens is 2. The number of methoxy groups -OCH3 is 1. The summed E-state index contributed by atoms with van der Waals surface area (Å²) in [4.78, 5) is 39.9. The molecule has 1 aromatic heterocycles. The van der Waals surface area contributed by atoms with Crippen molar-refractivity contribution < 1.29 is 14.3 Å². The summed E-state index contributed by atoms with van der Waals surface area (Å²) in [6.45, 7) is 5.88. The van der Waals surface area contributed by atoms with Crippen LogP contribution >= 0.6 is 0 Å². The van der Waals surface area contributed by atoms with Gasteiger partial charge < -0.3 is 25.6 Å². The number of piperazine rings is 1. The molecule has 2 aliphatic rings. The second-order valence-corrected chi connectivity index (χ2v) is 9.47. The van der Waals surface area contributed by atoms with Gasteiger partial charge in [-0.3, -0.25) is 9.69 Å². The van der Waals surface area contributed by atoms with E-state index >= 15 is 0 Å². The summed E-state index contributed by atoms with van der Waals surface area (Å²) < 4.78 is 5.25. The first-order chi connectivity index (χ1) is 17.4.